The highest BCUT2D eigenvalue weighted by Gasteiger charge is 2.30. The van der Waals surface area contributed by atoms with Crippen LogP contribution in [0.3, 0.4) is 0 Å². The number of sulfone groups is 2. The van der Waals surface area contributed by atoms with Crippen LogP contribution in [0.1, 0.15) is 85.0 Å². The number of methoxy groups -OCH3 is 4. The summed E-state index contributed by atoms with van der Waals surface area (Å²) in [4.78, 5) is 0. The lowest BCUT2D eigenvalue weighted by Crippen LogP contribution is -2.23. The topological polar surface area (TPSA) is 124 Å². The Hall–Kier alpha value is -3.00. The van der Waals surface area contributed by atoms with E-state index < -0.39 is 30.5 Å². The lowest BCUT2D eigenvalue weighted by molar-refractivity contribution is 0.170. The molecule has 0 N–H and O–H groups in total. The molecule has 0 spiro atoms. The van der Waals surface area contributed by atoms with Crippen LogP contribution in [0, 0.1) is 0 Å². The fourth-order valence-corrected chi connectivity index (χ4v) is 7.56. The molecule has 0 atom stereocenters. The monoisotopic (exact) mass is 762 g/mol. The van der Waals surface area contributed by atoms with Crippen LogP contribution in [0.5, 0.6) is 11.5 Å². The van der Waals surface area contributed by atoms with E-state index in [1.54, 1.807) is 28.4 Å². The van der Waals surface area contributed by atoms with Gasteiger partial charge in [-0.15, -0.1) is 0 Å². The zero-order chi connectivity index (χ0) is 38.7. The Morgan fingerprint density at radius 1 is 0.481 bits per heavy atom. The van der Waals surface area contributed by atoms with Crippen LogP contribution in [0.2, 0.25) is 0 Å². The SMILES string of the molecule is COCc1cc(C(C)(C)c2ccc(C(C)(C)c3cc(COC)c(OCCCS(C)(=O)=O)c(COC)c3)cc2)cc(COC)c1OCCCS(C)(=O)=O. The Morgan fingerprint density at radius 2 is 0.750 bits per heavy atom. The highest BCUT2D eigenvalue weighted by molar-refractivity contribution is 7.90. The van der Waals surface area contributed by atoms with Crippen molar-refractivity contribution in [2.45, 2.75) is 77.8 Å². The van der Waals surface area contributed by atoms with Gasteiger partial charge >= 0.3 is 0 Å². The van der Waals surface area contributed by atoms with Gasteiger partial charge < -0.3 is 28.4 Å². The van der Waals surface area contributed by atoms with Crippen LogP contribution in [0.15, 0.2) is 48.5 Å². The minimum Gasteiger partial charge on any atom is -0.493 e. The van der Waals surface area contributed by atoms with Crippen molar-refractivity contribution in [3.63, 3.8) is 0 Å². The van der Waals surface area contributed by atoms with E-state index in [0.29, 0.717) is 50.8 Å². The van der Waals surface area contributed by atoms with Gasteiger partial charge in [-0.2, -0.15) is 0 Å². The first kappa shape index (κ1) is 43.4. The molecule has 3 rings (SSSR count). The van der Waals surface area contributed by atoms with Crippen LogP contribution in [0.25, 0.3) is 0 Å². The van der Waals surface area contributed by atoms with Crippen LogP contribution < -0.4 is 9.47 Å². The van der Waals surface area contributed by atoms with E-state index in [4.69, 9.17) is 28.4 Å². The van der Waals surface area contributed by atoms with E-state index in [2.05, 4.69) is 76.2 Å². The van der Waals surface area contributed by atoms with Crippen molar-refractivity contribution in [3.05, 3.63) is 93.0 Å². The van der Waals surface area contributed by atoms with Gasteiger partial charge in [0.05, 0.1) is 51.1 Å². The van der Waals surface area contributed by atoms with Gasteiger partial charge in [0.25, 0.3) is 0 Å². The minimum absolute atomic E-state index is 0.0570. The third-order valence-electron chi connectivity index (χ3n) is 9.27. The molecule has 3 aromatic carbocycles. The van der Waals surface area contributed by atoms with Crippen LogP contribution in [-0.2, 0) is 75.9 Å². The van der Waals surface area contributed by atoms with E-state index in [0.717, 1.165) is 44.5 Å². The van der Waals surface area contributed by atoms with Gasteiger partial charge in [-0.05, 0) is 59.4 Å². The number of ether oxygens (including phenoxy) is 6. The second-order valence-corrected chi connectivity index (χ2v) is 19.0. The first-order valence-electron chi connectivity index (χ1n) is 17.4. The molecule has 10 nitrogen and oxygen atoms in total. The van der Waals surface area contributed by atoms with Gasteiger partial charge in [0.15, 0.2) is 0 Å². The predicted octanol–water partition coefficient (Wildman–Crippen LogP) is 6.55. The summed E-state index contributed by atoms with van der Waals surface area (Å²) in [6.07, 6.45) is 3.23. The van der Waals surface area contributed by atoms with Crippen molar-refractivity contribution >= 4 is 19.7 Å². The first-order valence-corrected chi connectivity index (χ1v) is 21.5. The number of rotatable bonds is 22. The summed E-state index contributed by atoms with van der Waals surface area (Å²) in [6.45, 7) is 10.6. The Labute approximate surface area is 312 Å². The molecular weight excluding hydrogens is 705 g/mol. The highest BCUT2D eigenvalue weighted by Crippen LogP contribution is 2.40. The lowest BCUT2D eigenvalue weighted by Gasteiger charge is -2.31. The highest BCUT2D eigenvalue weighted by atomic mass is 32.2. The largest absolute Gasteiger partial charge is 0.493 e. The van der Waals surface area contributed by atoms with Crippen molar-refractivity contribution in [1.29, 1.82) is 0 Å². The molecule has 0 aliphatic carbocycles. The molecule has 0 aromatic heterocycles. The van der Waals surface area contributed by atoms with E-state index in [9.17, 15) is 16.8 Å². The summed E-state index contributed by atoms with van der Waals surface area (Å²) in [7, 11) is 0.393. The third-order valence-corrected chi connectivity index (χ3v) is 11.3. The predicted molar refractivity (Wildman–Crippen MR) is 206 cm³/mol. The van der Waals surface area contributed by atoms with Crippen molar-refractivity contribution in [1.82, 2.24) is 0 Å². The van der Waals surface area contributed by atoms with Crippen molar-refractivity contribution < 1.29 is 45.3 Å². The van der Waals surface area contributed by atoms with Crippen LogP contribution in [-0.4, -0.2) is 82.5 Å². The molecule has 0 fully saturated rings. The second kappa shape index (κ2) is 18.9. The third kappa shape index (κ3) is 12.0. The summed E-state index contributed by atoms with van der Waals surface area (Å²) in [5, 5.41) is 0. The molecule has 0 saturated carbocycles. The molecule has 290 valence electrons. The normalized spacial score (nSPS) is 12.7. The molecule has 0 radical (unpaired) electrons. The molecule has 3 aromatic rings. The molecular formula is C40H58O10S2. The van der Waals surface area contributed by atoms with E-state index >= 15 is 0 Å². The van der Waals surface area contributed by atoms with Gasteiger partial charge in [-0.3, -0.25) is 0 Å². The Balaban J connectivity index is 1.97. The lowest BCUT2D eigenvalue weighted by atomic mass is 9.73. The zero-order valence-corrected chi connectivity index (χ0v) is 34.2. The van der Waals surface area contributed by atoms with Crippen molar-refractivity contribution in [3.8, 4) is 11.5 Å². The van der Waals surface area contributed by atoms with Crippen molar-refractivity contribution in [2.75, 3.05) is 65.7 Å². The quantitative estimate of drug-likeness (QED) is 0.104. The Kier molecular flexibility index (Phi) is 15.7. The smallest absolute Gasteiger partial charge is 0.147 e. The van der Waals surface area contributed by atoms with Gasteiger partial charge in [0, 0.05) is 74.0 Å². The Bertz CT molecular complexity index is 1640. The fourth-order valence-electron chi connectivity index (χ4n) is 6.28. The molecule has 0 unspecified atom stereocenters. The Morgan fingerprint density at radius 3 is 0.981 bits per heavy atom. The number of hydrogen-bond acceptors (Lipinski definition) is 10. The van der Waals surface area contributed by atoms with Gasteiger partial charge in [-0.1, -0.05) is 52.0 Å². The fraction of sp³-hybridized carbons (Fsp3) is 0.550. The van der Waals surface area contributed by atoms with Gasteiger partial charge in [-0.25, -0.2) is 16.8 Å². The maximum atomic E-state index is 11.6. The summed E-state index contributed by atoms with van der Waals surface area (Å²) < 4.78 is 81.1. The van der Waals surface area contributed by atoms with Gasteiger partial charge in [0.1, 0.15) is 31.2 Å². The van der Waals surface area contributed by atoms with E-state index in [-0.39, 0.29) is 24.7 Å². The average Bonchev–Trinajstić information content (AvgIpc) is 3.06. The van der Waals surface area contributed by atoms with Crippen molar-refractivity contribution in [2.24, 2.45) is 0 Å². The number of hydrogen-bond donors (Lipinski definition) is 0. The van der Waals surface area contributed by atoms with E-state index in [1.165, 1.54) is 12.5 Å². The number of benzene rings is 3. The summed E-state index contributed by atoms with van der Waals surface area (Å²) >= 11 is 0. The van der Waals surface area contributed by atoms with Gasteiger partial charge in [0.2, 0.25) is 0 Å². The van der Waals surface area contributed by atoms with Crippen LogP contribution >= 0.6 is 0 Å². The molecule has 0 saturated heterocycles. The maximum Gasteiger partial charge on any atom is 0.147 e. The molecule has 0 aliphatic heterocycles. The molecule has 12 heteroatoms. The molecule has 52 heavy (non-hydrogen) atoms. The molecule has 0 aliphatic rings. The summed E-state index contributed by atoms with van der Waals surface area (Å²) in [5.41, 5.74) is 7.10. The van der Waals surface area contributed by atoms with E-state index in [1.807, 2.05) is 0 Å². The minimum atomic E-state index is -3.08. The zero-order valence-electron chi connectivity index (χ0n) is 32.6. The van der Waals surface area contributed by atoms with Crippen LogP contribution in [0.4, 0.5) is 0 Å². The summed E-state index contributed by atoms with van der Waals surface area (Å²) in [5.74, 6) is 1.45. The standard InChI is InChI=1S/C40H58O10S2/c1-39(2,35-21-29(25-45-5)37(30(22-35)26-46-6)49-17-11-19-51(9,41)42)33-13-15-34(16-14-33)40(3,4)36-23-31(27-47-7)38(32(24-36)28-48-8)50-18-12-20-52(10,43)44/h13-16,21-24H,11-12,17-20,25-28H2,1-10H3. The molecule has 0 amide bonds. The second-order valence-electron chi connectivity index (χ2n) is 14.5. The average molecular weight is 763 g/mol. The summed E-state index contributed by atoms with van der Waals surface area (Å²) in [6, 6.07) is 17.1. The molecule has 0 heterocycles. The first-order chi connectivity index (χ1) is 24.4. The maximum absolute atomic E-state index is 11.6. The molecule has 0 bridgehead atoms.